The third kappa shape index (κ3) is 3.87. The predicted octanol–water partition coefficient (Wildman–Crippen LogP) is 3.76. The zero-order valence-electron chi connectivity index (χ0n) is 13.8. The summed E-state index contributed by atoms with van der Waals surface area (Å²) < 4.78 is 14.2. The van der Waals surface area contributed by atoms with E-state index in [1.54, 1.807) is 4.90 Å². The number of hydrogen-bond acceptors (Lipinski definition) is 2. The van der Waals surface area contributed by atoms with E-state index in [1.165, 1.54) is 17.7 Å². The van der Waals surface area contributed by atoms with Crippen molar-refractivity contribution in [2.45, 2.75) is 31.7 Å². The molecule has 0 bridgehead atoms. The van der Waals surface area contributed by atoms with Crippen molar-refractivity contribution in [1.82, 2.24) is 4.90 Å². The van der Waals surface area contributed by atoms with Gasteiger partial charge in [0.2, 0.25) is 0 Å². The van der Waals surface area contributed by atoms with Crippen molar-refractivity contribution >= 4 is 11.9 Å². The van der Waals surface area contributed by atoms with E-state index < -0.39 is 11.8 Å². The number of halogens is 1. The zero-order valence-corrected chi connectivity index (χ0v) is 13.8. The number of rotatable bonds is 5. The van der Waals surface area contributed by atoms with Crippen molar-refractivity contribution in [3.8, 4) is 0 Å². The highest BCUT2D eigenvalue weighted by Gasteiger charge is 2.30. The number of carbonyl (C=O) groups is 2. The van der Waals surface area contributed by atoms with E-state index >= 15 is 0 Å². The van der Waals surface area contributed by atoms with Crippen LogP contribution in [0, 0.1) is 5.82 Å². The molecule has 1 aliphatic rings. The van der Waals surface area contributed by atoms with Crippen LogP contribution in [-0.4, -0.2) is 34.5 Å². The first-order valence-electron chi connectivity index (χ1n) is 8.44. The molecule has 3 rings (SSSR count). The molecular weight excluding hydrogens is 321 g/mol. The molecule has 0 saturated carbocycles. The molecule has 1 aliphatic heterocycles. The highest BCUT2D eigenvalue weighted by atomic mass is 19.1. The number of likely N-dealkylation sites (tertiary alicyclic amines) is 1. The number of carbonyl (C=O) groups excluding carboxylic acids is 1. The Hall–Kier alpha value is -2.69. The van der Waals surface area contributed by atoms with Crippen LogP contribution in [0.25, 0.3) is 0 Å². The first kappa shape index (κ1) is 17.1. The zero-order chi connectivity index (χ0) is 17.8. The molecule has 25 heavy (non-hydrogen) atoms. The Morgan fingerprint density at radius 3 is 2.60 bits per heavy atom. The third-order valence-electron chi connectivity index (χ3n) is 4.69. The predicted molar refractivity (Wildman–Crippen MR) is 92.2 cm³/mol. The SMILES string of the molecule is O=C(O)c1ccc(C(=O)N2CCCC2CCc2ccccc2)c(F)c1. The summed E-state index contributed by atoms with van der Waals surface area (Å²) in [7, 11) is 0. The van der Waals surface area contributed by atoms with E-state index in [0.717, 1.165) is 31.7 Å². The van der Waals surface area contributed by atoms with Crippen LogP contribution >= 0.6 is 0 Å². The topological polar surface area (TPSA) is 57.6 Å². The summed E-state index contributed by atoms with van der Waals surface area (Å²) in [6, 6.07) is 13.6. The fraction of sp³-hybridized carbons (Fsp3) is 0.300. The van der Waals surface area contributed by atoms with Gasteiger partial charge in [-0.2, -0.15) is 0 Å². The van der Waals surface area contributed by atoms with Crippen LogP contribution < -0.4 is 0 Å². The van der Waals surface area contributed by atoms with Crippen molar-refractivity contribution in [2.75, 3.05) is 6.54 Å². The van der Waals surface area contributed by atoms with Gasteiger partial charge in [-0.05, 0) is 49.4 Å². The molecule has 1 fully saturated rings. The van der Waals surface area contributed by atoms with Gasteiger partial charge in [0.15, 0.2) is 0 Å². The number of benzene rings is 2. The van der Waals surface area contributed by atoms with Crippen LogP contribution in [0.3, 0.4) is 0 Å². The van der Waals surface area contributed by atoms with E-state index in [4.69, 9.17) is 5.11 Å². The van der Waals surface area contributed by atoms with Gasteiger partial charge >= 0.3 is 5.97 Å². The highest BCUT2D eigenvalue weighted by Crippen LogP contribution is 2.25. The Bertz CT molecular complexity index is 776. The first-order valence-corrected chi connectivity index (χ1v) is 8.44. The van der Waals surface area contributed by atoms with Gasteiger partial charge in [0.25, 0.3) is 5.91 Å². The molecule has 0 aliphatic carbocycles. The summed E-state index contributed by atoms with van der Waals surface area (Å²) in [5, 5.41) is 8.91. The molecule has 0 radical (unpaired) electrons. The standard InChI is InChI=1S/C20H20FNO3/c21-18-13-15(20(24)25)9-11-17(18)19(23)22-12-4-7-16(22)10-8-14-5-2-1-3-6-14/h1-3,5-6,9,11,13,16H,4,7-8,10,12H2,(H,24,25). The van der Waals surface area contributed by atoms with Crippen molar-refractivity contribution in [2.24, 2.45) is 0 Å². The molecule has 1 atom stereocenters. The first-order chi connectivity index (χ1) is 12.1. The lowest BCUT2D eigenvalue weighted by Crippen LogP contribution is -2.36. The number of aryl methyl sites for hydroxylation is 1. The van der Waals surface area contributed by atoms with Gasteiger partial charge in [0.1, 0.15) is 5.82 Å². The molecule has 1 N–H and O–H groups in total. The van der Waals surface area contributed by atoms with Gasteiger partial charge in [0.05, 0.1) is 11.1 Å². The van der Waals surface area contributed by atoms with Crippen LogP contribution in [0.15, 0.2) is 48.5 Å². The molecule has 1 saturated heterocycles. The number of aromatic carboxylic acids is 1. The van der Waals surface area contributed by atoms with Gasteiger partial charge < -0.3 is 10.0 Å². The largest absolute Gasteiger partial charge is 0.478 e. The summed E-state index contributed by atoms with van der Waals surface area (Å²) in [4.78, 5) is 25.3. The summed E-state index contributed by atoms with van der Waals surface area (Å²) in [6.07, 6.45) is 3.52. The molecule has 2 aromatic rings. The average molecular weight is 341 g/mol. The van der Waals surface area contributed by atoms with Crippen LogP contribution in [0.5, 0.6) is 0 Å². The number of amides is 1. The van der Waals surface area contributed by atoms with Crippen LogP contribution in [-0.2, 0) is 6.42 Å². The van der Waals surface area contributed by atoms with Crippen LogP contribution in [0.1, 0.15) is 45.5 Å². The summed E-state index contributed by atoms with van der Waals surface area (Å²) in [6.45, 7) is 0.610. The Balaban J connectivity index is 1.71. The number of nitrogens with zero attached hydrogens (tertiary/aromatic N) is 1. The summed E-state index contributed by atoms with van der Waals surface area (Å²) in [5.74, 6) is -2.34. The Morgan fingerprint density at radius 2 is 1.92 bits per heavy atom. The third-order valence-corrected chi connectivity index (χ3v) is 4.69. The molecule has 2 aromatic carbocycles. The summed E-state index contributed by atoms with van der Waals surface area (Å²) in [5.41, 5.74) is 1.01. The minimum absolute atomic E-state index is 0.0587. The van der Waals surface area contributed by atoms with E-state index in [0.29, 0.717) is 6.54 Å². The number of hydrogen-bond donors (Lipinski definition) is 1. The van der Waals surface area contributed by atoms with Gasteiger partial charge in [0, 0.05) is 12.6 Å². The van der Waals surface area contributed by atoms with Gasteiger partial charge in [-0.25, -0.2) is 9.18 Å². The van der Waals surface area contributed by atoms with Crippen molar-refractivity contribution in [1.29, 1.82) is 0 Å². The minimum atomic E-state index is -1.21. The Kier molecular flexibility index (Phi) is 5.12. The smallest absolute Gasteiger partial charge is 0.335 e. The van der Waals surface area contributed by atoms with Gasteiger partial charge in [-0.3, -0.25) is 4.79 Å². The maximum atomic E-state index is 14.2. The second kappa shape index (κ2) is 7.47. The average Bonchev–Trinajstić information content (AvgIpc) is 3.08. The van der Waals surface area contributed by atoms with Crippen molar-refractivity contribution < 1.29 is 19.1 Å². The molecule has 0 spiro atoms. The Morgan fingerprint density at radius 1 is 1.16 bits per heavy atom. The van der Waals surface area contributed by atoms with Crippen molar-refractivity contribution in [3.63, 3.8) is 0 Å². The summed E-state index contributed by atoms with van der Waals surface area (Å²) >= 11 is 0. The quantitative estimate of drug-likeness (QED) is 0.901. The second-order valence-corrected chi connectivity index (χ2v) is 6.32. The molecule has 1 unspecified atom stereocenters. The minimum Gasteiger partial charge on any atom is -0.478 e. The second-order valence-electron chi connectivity index (χ2n) is 6.32. The normalized spacial score (nSPS) is 16.8. The number of carboxylic acid groups (broad SMARTS) is 1. The monoisotopic (exact) mass is 341 g/mol. The fourth-order valence-corrected chi connectivity index (χ4v) is 3.36. The lowest BCUT2D eigenvalue weighted by Gasteiger charge is -2.25. The Labute approximate surface area is 145 Å². The lowest BCUT2D eigenvalue weighted by molar-refractivity contribution is 0.0689. The maximum Gasteiger partial charge on any atom is 0.335 e. The molecule has 5 heteroatoms. The molecule has 130 valence electrons. The van der Waals surface area contributed by atoms with E-state index in [-0.39, 0.29) is 23.1 Å². The van der Waals surface area contributed by atoms with Crippen LogP contribution in [0.4, 0.5) is 4.39 Å². The van der Waals surface area contributed by atoms with Crippen LogP contribution in [0.2, 0.25) is 0 Å². The highest BCUT2D eigenvalue weighted by molar-refractivity contribution is 5.96. The van der Waals surface area contributed by atoms with Gasteiger partial charge in [-0.15, -0.1) is 0 Å². The van der Waals surface area contributed by atoms with E-state index in [2.05, 4.69) is 12.1 Å². The van der Waals surface area contributed by atoms with E-state index in [1.807, 2.05) is 18.2 Å². The molecular formula is C20H20FNO3. The van der Waals surface area contributed by atoms with E-state index in [9.17, 15) is 14.0 Å². The molecule has 4 nitrogen and oxygen atoms in total. The molecule has 1 amide bonds. The number of carboxylic acids is 1. The molecule has 1 heterocycles. The molecule has 0 aromatic heterocycles. The maximum absolute atomic E-state index is 14.2. The van der Waals surface area contributed by atoms with Crippen molar-refractivity contribution in [3.05, 3.63) is 71.0 Å². The van der Waals surface area contributed by atoms with Gasteiger partial charge in [-0.1, -0.05) is 30.3 Å². The fourth-order valence-electron chi connectivity index (χ4n) is 3.36. The lowest BCUT2D eigenvalue weighted by atomic mass is 10.0.